The molecule has 0 spiro atoms. The van der Waals surface area contributed by atoms with Crippen LogP contribution in [0.15, 0.2) is 42.5 Å². The number of phenolic OH excluding ortho intramolecular Hbond substituents is 1. The molecule has 0 fully saturated rings. The lowest BCUT2D eigenvalue weighted by Gasteiger charge is -2.11. The van der Waals surface area contributed by atoms with Crippen molar-refractivity contribution in [3.8, 4) is 11.5 Å². The summed E-state index contributed by atoms with van der Waals surface area (Å²) >= 11 is 0. The Morgan fingerprint density at radius 1 is 0.950 bits per heavy atom. The van der Waals surface area contributed by atoms with Gasteiger partial charge >= 0.3 is 0 Å². The van der Waals surface area contributed by atoms with Gasteiger partial charge < -0.3 is 14.7 Å². The van der Waals surface area contributed by atoms with Crippen molar-refractivity contribution < 1.29 is 9.84 Å². The molecule has 0 amide bonds. The zero-order valence-corrected chi connectivity index (χ0v) is 12.0. The molecule has 2 aromatic rings. The molecule has 0 saturated carbocycles. The summed E-state index contributed by atoms with van der Waals surface area (Å²) in [7, 11) is 5.62. The molecule has 0 aliphatic carbocycles. The fourth-order valence-corrected chi connectivity index (χ4v) is 1.90. The number of aromatic hydroxyl groups is 1. The second-order valence-electron chi connectivity index (χ2n) is 4.78. The number of phenols is 1. The lowest BCUT2D eigenvalue weighted by atomic mass is 10.1. The van der Waals surface area contributed by atoms with Gasteiger partial charge in [-0.05, 0) is 35.4 Å². The van der Waals surface area contributed by atoms with Crippen molar-refractivity contribution in [1.82, 2.24) is 0 Å². The van der Waals surface area contributed by atoms with Crippen LogP contribution in [-0.4, -0.2) is 26.3 Å². The number of hydrogen-bond acceptors (Lipinski definition) is 3. The van der Waals surface area contributed by atoms with Gasteiger partial charge in [0.1, 0.15) is 11.5 Å². The summed E-state index contributed by atoms with van der Waals surface area (Å²) in [5, 5.41) is 9.60. The topological polar surface area (TPSA) is 32.7 Å². The number of anilines is 1. The fraction of sp³-hybridized carbons (Fsp3) is 0.176. The first-order valence-electron chi connectivity index (χ1n) is 6.42. The van der Waals surface area contributed by atoms with Gasteiger partial charge in [0.15, 0.2) is 0 Å². The largest absolute Gasteiger partial charge is 0.508 e. The molecular weight excluding hydrogens is 250 g/mol. The van der Waals surface area contributed by atoms with E-state index in [0.717, 1.165) is 11.1 Å². The van der Waals surface area contributed by atoms with E-state index in [-0.39, 0.29) is 5.75 Å². The minimum atomic E-state index is 0.201. The first-order chi connectivity index (χ1) is 9.58. The number of ether oxygens (including phenoxy) is 1. The van der Waals surface area contributed by atoms with Crippen LogP contribution in [0.2, 0.25) is 0 Å². The lowest BCUT2D eigenvalue weighted by molar-refractivity contribution is 0.407. The third kappa shape index (κ3) is 3.54. The van der Waals surface area contributed by atoms with Gasteiger partial charge in [-0.3, -0.25) is 0 Å². The third-order valence-corrected chi connectivity index (χ3v) is 3.03. The van der Waals surface area contributed by atoms with E-state index in [1.165, 1.54) is 5.69 Å². The van der Waals surface area contributed by atoms with Crippen LogP contribution >= 0.6 is 0 Å². The molecule has 2 rings (SSSR count). The Bertz CT molecular complexity index is 601. The average molecular weight is 269 g/mol. The standard InChI is InChI=1S/C17H19NO2/c1-18(2)15-8-6-13(7-9-15)4-5-14-10-16(19)12-17(11-14)20-3/h4-12,19H,1-3H3/b5-4+. The van der Waals surface area contributed by atoms with E-state index in [2.05, 4.69) is 29.2 Å². The van der Waals surface area contributed by atoms with Crippen molar-refractivity contribution in [1.29, 1.82) is 0 Å². The van der Waals surface area contributed by atoms with E-state index >= 15 is 0 Å². The summed E-state index contributed by atoms with van der Waals surface area (Å²) in [5.41, 5.74) is 3.18. The molecule has 0 aromatic heterocycles. The van der Waals surface area contributed by atoms with Gasteiger partial charge in [-0.25, -0.2) is 0 Å². The van der Waals surface area contributed by atoms with Crippen LogP contribution in [0.3, 0.4) is 0 Å². The normalized spacial score (nSPS) is 10.8. The van der Waals surface area contributed by atoms with Gasteiger partial charge in [0.05, 0.1) is 7.11 Å². The molecule has 0 bridgehead atoms. The van der Waals surface area contributed by atoms with Crippen molar-refractivity contribution in [3.63, 3.8) is 0 Å². The molecule has 0 heterocycles. The second kappa shape index (κ2) is 6.15. The summed E-state index contributed by atoms with van der Waals surface area (Å²) < 4.78 is 5.13. The fourth-order valence-electron chi connectivity index (χ4n) is 1.90. The molecule has 3 nitrogen and oxygen atoms in total. The van der Waals surface area contributed by atoms with Gasteiger partial charge in [-0.15, -0.1) is 0 Å². The summed E-state index contributed by atoms with van der Waals surface area (Å²) in [6, 6.07) is 13.4. The molecule has 0 radical (unpaired) electrons. The van der Waals surface area contributed by atoms with Gasteiger partial charge in [-0.2, -0.15) is 0 Å². The van der Waals surface area contributed by atoms with Gasteiger partial charge in [-0.1, -0.05) is 24.3 Å². The summed E-state index contributed by atoms with van der Waals surface area (Å²) in [5.74, 6) is 0.847. The Morgan fingerprint density at radius 2 is 1.60 bits per heavy atom. The van der Waals surface area contributed by atoms with Crippen molar-refractivity contribution in [3.05, 3.63) is 53.6 Å². The molecule has 0 unspecified atom stereocenters. The summed E-state index contributed by atoms with van der Waals surface area (Å²) in [4.78, 5) is 2.06. The van der Waals surface area contributed by atoms with Crippen molar-refractivity contribution in [2.45, 2.75) is 0 Å². The number of rotatable bonds is 4. The maximum Gasteiger partial charge on any atom is 0.123 e. The molecule has 0 atom stereocenters. The second-order valence-corrected chi connectivity index (χ2v) is 4.78. The Kier molecular flexibility index (Phi) is 4.31. The maximum atomic E-state index is 9.60. The number of hydrogen-bond donors (Lipinski definition) is 1. The van der Waals surface area contributed by atoms with Crippen LogP contribution in [-0.2, 0) is 0 Å². The van der Waals surface area contributed by atoms with E-state index < -0.39 is 0 Å². The van der Waals surface area contributed by atoms with Crippen LogP contribution < -0.4 is 9.64 Å². The molecule has 0 saturated heterocycles. The summed E-state index contributed by atoms with van der Waals surface area (Å²) in [6.45, 7) is 0. The molecule has 0 aliphatic heterocycles. The average Bonchev–Trinajstić information content (AvgIpc) is 2.45. The third-order valence-electron chi connectivity index (χ3n) is 3.03. The summed E-state index contributed by atoms with van der Waals surface area (Å²) in [6.07, 6.45) is 3.96. The highest BCUT2D eigenvalue weighted by molar-refractivity contribution is 5.71. The smallest absolute Gasteiger partial charge is 0.123 e. The van der Waals surface area contributed by atoms with Crippen LogP contribution in [0.4, 0.5) is 5.69 Å². The number of methoxy groups -OCH3 is 1. The molecular formula is C17H19NO2. The van der Waals surface area contributed by atoms with Crippen LogP contribution in [0.1, 0.15) is 11.1 Å². The zero-order chi connectivity index (χ0) is 14.5. The Labute approximate surface area is 119 Å². The van der Waals surface area contributed by atoms with Crippen LogP contribution in [0, 0.1) is 0 Å². The van der Waals surface area contributed by atoms with Crippen molar-refractivity contribution in [2.75, 3.05) is 26.1 Å². The lowest BCUT2D eigenvalue weighted by Crippen LogP contribution is -2.07. The Morgan fingerprint density at radius 3 is 2.20 bits per heavy atom. The highest BCUT2D eigenvalue weighted by Crippen LogP contribution is 2.23. The van der Waals surface area contributed by atoms with Crippen molar-refractivity contribution >= 4 is 17.8 Å². The van der Waals surface area contributed by atoms with E-state index in [1.807, 2.05) is 32.3 Å². The highest BCUT2D eigenvalue weighted by Gasteiger charge is 1.98. The first kappa shape index (κ1) is 14.0. The molecule has 0 aliphatic rings. The maximum absolute atomic E-state index is 9.60. The van der Waals surface area contributed by atoms with Crippen LogP contribution in [0.5, 0.6) is 11.5 Å². The first-order valence-corrected chi connectivity index (χ1v) is 6.42. The SMILES string of the molecule is COc1cc(O)cc(/C=C/c2ccc(N(C)C)cc2)c1. The quantitative estimate of drug-likeness (QED) is 0.860. The monoisotopic (exact) mass is 269 g/mol. The number of nitrogens with zero attached hydrogens (tertiary/aromatic N) is 1. The molecule has 3 heteroatoms. The van der Waals surface area contributed by atoms with E-state index in [0.29, 0.717) is 5.75 Å². The predicted octanol–water partition coefficient (Wildman–Crippen LogP) is 3.64. The van der Waals surface area contributed by atoms with Crippen molar-refractivity contribution in [2.24, 2.45) is 0 Å². The van der Waals surface area contributed by atoms with Crippen LogP contribution in [0.25, 0.3) is 12.2 Å². The van der Waals surface area contributed by atoms with Gasteiger partial charge in [0.25, 0.3) is 0 Å². The highest BCUT2D eigenvalue weighted by atomic mass is 16.5. The molecule has 2 aromatic carbocycles. The van der Waals surface area contributed by atoms with E-state index in [4.69, 9.17) is 4.74 Å². The zero-order valence-electron chi connectivity index (χ0n) is 12.0. The Hall–Kier alpha value is -2.42. The van der Waals surface area contributed by atoms with E-state index in [1.54, 1.807) is 19.2 Å². The van der Waals surface area contributed by atoms with E-state index in [9.17, 15) is 5.11 Å². The molecule has 20 heavy (non-hydrogen) atoms. The predicted molar refractivity (Wildman–Crippen MR) is 84.4 cm³/mol. The molecule has 1 N–H and O–H groups in total. The van der Waals surface area contributed by atoms with Gasteiger partial charge in [0, 0.05) is 25.8 Å². The van der Waals surface area contributed by atoms with Gasteiger partial charge in [0.2, 0.25) is 0 Å². The minimum Gasteiger partial charge on any atom is -0.508 e. The molecule has 104 valence electrons. The minimum absolute atomic E-state index is 0.201. The Balaban J connectivity index is 2.18. The number of benzene rings is 2.